The first-order valence-corrected chi connectivity index (χ1v) is 8.38. The number of halogens is 3. The molecule has 0 aliphatic carbocycles. The maximum atomic E-state index is 11.1. The van der Waals surface area contributed by atoms with Gasteiger partial charge in [0.05, 0.1) is 0 Å². The van der Waals surface area contributed by atoms with Gasteiger partial charge in [0.15, 0.2) is 0 Å². The standard InChI is InChI=1S/C7H5Cl3O2Si/c8-13(9,10)7(11)12-6-4-2-1-3-5-6/h1-5H. The fraction of sp³-hybridized carbons (Fsp3) is 0. The number of rotatable bonds is 2. The molecule has 0 unspecified atom stereocenters. The monoisotopic (exact) mass is 254 g/mol. The minimum Gasteiger partial charge on any atom is -0.428 e. The van der Waals surface area contributed by atoms with Gasteiger partial charge in [-0.15, -0.1) is 33.2 Å². The molecule has 0 aliphatic heterocycles. The highest BCUT2D eigenvalue weighted by Crippen LogP contribution is 2.23. The van der Waals surface area contributed by atoms with Gasteiger partial charge in [-0.05, 0) is 12.1 Å². The maximum Gasteiger partial charge on any atom is 0.464 e. The highest BCUT2D eigenvalue weighted by molar-refractivity contribution is 7.74. The predicted octanol–water partition coefficient (Wildman–Crippen LogP) is 3.42. The highest BCUT2D eigenvalue weighted by Gasteiger charge is 2.38. The summed E-state index contributed by atoms with van der Waals surface area (Å²) in [6.45, 7) is 0. The van der Waals surface area contributed by atoms with Crippen LogP contribution < -0.4 is 4.74 Å². The summed E-state index contributed by atoms with van der Waals surface area (Å²) in [6, 6.07) is 5.08. The summed E-state index contributed by atoms with van der Waals surface area (Å²) in [6.07, 6.45) is 0. The molecule has 0 saturated carbocycles. The molecule has 1 aromatic rings. The molecule has 6 heteroatoms. The van der Waals surface area contributed by atoms with Crippen molar-refractivity contribution in [2.24, 2.45) is 0 Å². The van der Waals surface area contributed by atoms with Crippen molar-refractivity contribution in [3.8, 4) is 5.75 Å². The van der Waals surface area contributed by atoms with E-state index in [4.69, 9.17) is 38.0 Å². The average Bonchev–Trinajstić information content (AvgIpc) is 2.04. The van der Waals surface area contributed by atoms with Crippen molar-refractivity contribution < 1.29 is 9.53 Å². The van der Waals surface area contributed by atoms with Gasteiger partial charge >= 0.3 is 11.6 Å². The lowest BCUT2D eigenvalue weighted by atomic mass is 10.3. The van der Waals surface area contributed by atoms with Crippen LogP contribution >= 0.6 is 33.2 Å². The fourth-order valence-electron chi connectivity index (χ4n) is 0.653. The molecule has 2 nitrogen and oxygen atoms in total. The summed E-state index contributed by atoms with van der Waals surface area (Å²) < 4.78 is 4.81. The molecule has 13 heavy (non-hydrogen) atoms. The van der Waals surface area contributed by atoms with Crippen LogP contribution in [0.5, 0.6) is 5.75 Å². The second-order valence-electron chi connectivity index (χ2n) is 2.20. The zero-order valence-corrected chi connectivity index (χ0v) is 9.60. The van der Waals surface area contributed by atoms with Crippen LogP contribution in [-0.2, 0) is 0 Å². The Morgan fingerprint density at radius 3 is 2.15 bits per heavy atom. The normalized spacial score (nSPS) is 11.0. The molecule has 0 N–H and O–H groups in total. The summed E-state index contributed by atoms with van der Waals surface area (Å²) in [5.74, 6) is 0.381. The van der Waals surface area contributed by atoms with Gasteiger partial charge in [0.2, 0.25) is 0 Å². The zero-order chi connectivity index (χ0) is 9.90. The number of ether oxygens (including phenoxy) is 1. The van der Waals surface area contributed by atoms with Crippen LogP contribution in [0.25, 0.3) is 0 Å². The molecule has 0 spiro atoms. The lowest BCUT2D eigenvalue weighted by molar-refractivity contribution is 0.224. The zero-order valence-electron chi connectivity index (χ0n) is 6.34. The Kier molecular flexibility index (Phi) is 3.61. The van der Waals surface area contributed by atoms with Crippen LogP contribution in [0, 0.1) is 0 Å². The van der Waals surface area contributed by atoms with Gasteiger partial charge in [-0.3, -0.25) is 4.79 Å². The van der Waals surface area contributed by atoms with Gasteiger partial charge < -0.3 is 4.74 Å². The van der Waals surface area contributed by atoms with E-state index in [0.29, 0.717) is 5.75 Å². The number of carbonyl (C=O) groups is 1. The molecule has 1 aromatic carbocycles. The molecule has 0 bridgehead atoms. The van der Waals surface area contributed by atoms with Gasteiger partial charge in [-0.1, -0.05) is 18.2 Å². The molecule has 70 valence electrons. The lowest BCUT2D eigenvalue weighted by Gasteiger charge is -2.07. The van der Waals surface area contributed by atoms with Gasteiger partial charge in [0.25, 0.3) is 0 Å². The van der Waals surface area contributed by atoms with Crippen molar-refractivity contribution in [2.45, 2.75) is 0 Å². The van der Waals surface area contributed by atoms with E-state index < -0.39 is 11.6 Å². The van der Waals surface area contributed by atoms with Crippen LogP contribution in [0.2, 0.25) is 0 Å². The Hall–Kier alpha value is -0.223. The van der Waals surface area contributed by atoms with Gasteiger partial charge in [-0.25, -0.2) is 0 Å². The van der Waals surface area contributed by atoms with Gasteiger partial charge in [0.1, 0.15) is 5.75 Å². The Labute approximate surface area is 90.5 Å². The van der Waals surface area contributed by atoms with Crippen molar-refractivity contribution in [3.05, 3.63) is 30.3 Å². The van der Waals surface area contributed by atoms with E-state index in [-0.39, 0.29) is 0 Å². The Morgan fingerprint density at radius 2 is 1.69 bits per heavy atom. The van der Waals surface area contributed by atoms with Crippen molar-refractivity contribution in [3.63, 3.8) is 0 Å². The number of hydrogen-bond acceptors (Lipinski definition) is 2. The molecule has 0 heterocycles. The number of carbonyl (C=O) groups excluding carboxylic acids is 1. The van der Waals surface area contributed by atoms with E-state index in [1.165, 1.54) is 0 Å². The van der Waals surface area contributed by atoms with Crippen molar-refractivity contribution in [1.29, 1.82) is 0 Å². The first-order chi connectivity index (χ1) is 6.00. The van der Waals surface area contributed by atoms with E-state index >= 15 is 0 Å². The van der Waals surface area contributed by atoms with E-state index in [2.05, 4.69) is 0 Å². The van der Waals surface area contributed by atoms with Crippen LogP contribution in [0.3, 0.4) is 0 Å². The number of benzene rings is 1. The number of para-hydroxylation sites is 1. The molecule has 0 amide bonds. The Bertz CT molecular complexity index is 296. The molecular weight excluding hydrogens is 251 g/mol. The van der Waals surface area contributed by atoms with E-state index in [1.54, 1.807) is 30.3 Å². The van der Waals surface area contributed by atoms with Crippen LogP contribution in [0.15, 0.2) is 30.3 Å². The van der Waals surface area contributed by atoms with Crippen molar-refractivity contribution >= 4 is 44.8 Å². The molecule has 0 fully saturated rings. The molecule has 0 atom stereocenters. The van der Waals surface area contributed by atoms with Crippen LogP contribution in [-0.4, -0.2) is 11.6 Å². The summed E-state index contributed by atoms with van der Waals surface area (Å²) in [4.78, 5) is 11.1. The first-order valence-electron chi connectivity index (χ1n) is 3.34. The summed E-state index contributed by atoms with van der Waals surface area (Å²) in [5, 5.41) is 0. The second-order valence-corrected chi connectivity index (χ2v) is 10.4. The topological polar surface area (TPSA) is 26.3 Å². The largest absolute Gasteiger partial charge is 0.464 e. The predicted molar refractivity (Wildman–Crippen MR) is 55.8 cm³/mol. The maximum absolute atomic E-state index is 11.1. The quantitative estimate of drug-likeness (QED) is 0.598. The lowest BCUT2D eigenvalue weighted by Crippen LogP contribution is -2.28. The average molecular weight is 256 g/mol. The molecule has 0 aliphatic rings. The SMILES string of the molecule is O=C(Oc1ccccc1)[Si](Cl)(Cl)Cl. The summed E-state index contributed by atoms with van der Waals surface area (Å²) in [5.41, 5.74) is -0.774. The van der Waals surface area contributed by atoms with E-state index in [1.807, 2.05) is 0 Å². The third kappa shape index (κ3) is 3.56. The van der Waals surface area contributed by atoms with Gasteiger partial charge in [-0.2, -0.15) is 0 Å². The molecule has 0 aromatic heterocycles. The van der Waals surface area contributed by atoms with Crippen molar-refractivity contribution in [1.82, 2.24) is 0 Å². The third-order valence-electron chi connectivity index (χ3n) is 1.19. The van der Waals surface area contributed by atoms with Crippen molar-refractivity contribution in [2.75, 3.05) is 0 Å². The Balaban J connectivity index is 2.66. The fourth-order valence-corrected chi connectivity index (χ4v) is 1.23. The Morgan fingerprint density at radius 1 is 1.15 bits per heavy atom. The summed E-state index contributed by atoms with van der Waals surface area (Å²) >= 11 is 16.3. The smallest absolute Gasteiger partial charge is 0.428 e. The van der Waals surface area contributed by atoms with E-state index in [9.17, 15) is 4.79 Å². The third-order valence-corrected chi connectivity index (χ3v) is 3.14. The van der Waals surface area contributed by atoms with Crippen LogP contribution in [0.4, 0.5) is 4.79 Å². The summed E-state index contributed by atoms with van der Waals surface area (Å²) in [7, 11) is 0. The molecule has 0 saturated heterocycles. The van der Waals surface area contributed by atoms with E-state index in [0.717, 1.165) is 0 Å². The van der Waals surface area contributed by atoms with Crippen LogP contribution in [0.1, 0.15) is 0 Å². The first kappa shape index (κ1) is 10.9. The highest BCUT2D eigenvalue weighted by atomic mass is 35.8. The number of hydrogen-bond donors (Lipinski definition) is 0. The second kappa shape index (κ2) is 4.33. The minimum atomic E-state index is -3.39. The van der Waals surface area contributed by atoms with Gasteiger partial charge in [0, 0.05) is 0 Å². The molecular formula is C7H5Cl3O2Si. The molecule has 0 radical (unpaired) electrons. The minimum absolute atomic E-state index is 0.381. The molecule has 1 rings (SSSR count).